The topological polar surface area (TPSA) is 38.0 Å². The summed E-state index contributed by atoms with van der Waals surface area (Å²) in [6.45, 7) is 4.19. The summed E-state index contributed by atoms with van der Waals surface area (Å²) >= 11 is 10.5. The molecule has 0 atom stereocenters. The van der Waals surface area contributed by atoms with E-state index in [4.69, 9.17) is 18.0 Å². The molecular formula is C16H17BrN2S2. The number of rotatable bonds is 5. The second kappa shape index (κ2) is 7.29. The van der Waals surface area contributed by atoms with Crippen LogP contribution in [0.15, 0.2) is 45.8 Å². The van der Waals surface area contributed by atoms with Gasteiger partial charge in [-0.1, -0.05) is 47.2 Å². The van der Waals surface area contributed by atoms with E-state index in [2.05, 4.69) is 53.3 Å². The number of halogens is 1. The van der Waals surface area contributed by atoms with Gasteiger partial charge in [0.05, 0.1) is 0 Å². The molecule has 0 saturated carbocycles. The van der Waals surface area contributed by atoms with Gasteiger partial charge in [0.25, 0.3) is 0 Å². The first-order chi connectivity index (χ1) is 10.0. The molecule has 0 spiro atoms. The van der Waals surface area contributed by atoms with Crippen LogP contribution in [-0.4, -0.2) is 10.7 Å². The summed E-state index contributed by atoms with van der Waals surface area (Å²) in [6.07, 6.45) is 0. The molecule has 0 unspecified atom stereocenters. The summed E-state index contributed by atoms with van der Waals surface area (Å²) in [5.41, 5.74) is 10.0. The molecule has 2 nitrogen and oxygen atoms in total. The fraction of sp³-hybridized carbons (Fsp3) is 0.188. The van der Waals surface area contributed by atoms with Crippen LogP contribution in [0.1, 0.15) is 18.1 Å². The Bertz CT molecular complexity index is 671. The molecule has 0 aliphatic carbocycles. The predicted molar refractivity (Wildman–Crippen MR) is 101 cm³/mol. The summed E-state index contributed by atoms with van der Waals surface area (Å²) in [5.74, 6) is 0.981. The number of aryl methyl sites for hydroxylation is 1. The zero-order chi connectivity index (χ0) is 15.4. The largest absolute Gasteiger partial charge is 0.389 e. The van der Waals surface area contributed by atoms with E-state index in [1.807, 2.05) is 18.2 Å². The smallest absolute Gasteiger partial charge is 0.107 e. The first-order valence-electron chi connectivity index (χ1n) is 6.61. The van der Waals surface area contributed by atoms with Crippen LogP contribution in [0.25, 0.3) is 0 Å². The molecule has 0 amide bonds. The monoisotopic (exact) mass is 380 g/mol. The third kappa shape index (κ3) is 3.99. The fourth-order valence-corrected chi connectivity index (χ4v) is 3.53. The Morgan fingerprint density at radius 3 is 2.71 bits per heavy atom. The maximum Gasteiger partial charge on any atom is 0.107 e. The predicted octanol–water partition coefficient (Wildman–Crippen LogP) is 5.25. The maximum atomic E-state index is 5.94. The molecule has 3 N–H and O–H groups in total. The van der Waals surface area contributed by atoms with Crippen molar-refractivity contribution in [3.8, 4) is 0 Å². The van der Waals surface area contributed by atoms with Crippen molar-refractivity contribution < 1.29 is 0 Å². The average molecular weight is 381 g/mol. The normalized spacial score (nSPS) is 10.4. The minimum atomic E-state index is 0.418. The molecule has 0 radical (unpaired) electrons. The van der Waals surface area contributed by atoms with Gasteiger partial charge >= 0.3 is 0 Å². The highest BCUT2D eigenvalue weighted by molar-refractivity contribution is 9.10. The van der Waals surface area contributed by atoms with Crippen molar-refractivity contribution in [2.75, 3.05) is 11.1 Å². The third-order valence-corrected chi connectivity index (χ3v) is 4.68. The van der Waals surface area contributed by atoms with Gasteiger partial charge in [0.2, 0.25) is 0 Å². The number of benzene rings is 2. The molecule has 0 heterocycles. The minimum absolute atomic E-state index is 0.418. The highest BCUT2D eigenvalue weighted by Gasteiger charge is 2.12. The SMILES string of the molecule is CCSc1cccc(Nc2cc(Br)ccc2C)c1C(N)=S. The number of nitrogens with two attached hydrogens (primary N) is 1. The number of nitrogens with one attached hydrogen (secondary N) is 1. The number of anilines is 2. The molecule has 21 heavy (non-hydrogen) atoms. The van der Waals surface area contributed by atoms with E-state index in [9.17, 15) is 0 Å². The standard InChI is InChI=1S/C16H17BrN2S2/c1-3-21-14-6-4-5-12(15(14)16(18)20)19-13-9-11(17)8-7-10(13)2/h4-9,19H,3H2,1-2H3,(H2,18,20). The number of hydrogen-bond acceptors (Lipinski definition) is 3. The van der Waals surface area contributed by atoms with Crippen molar-refractivity contribution in [3.05, 3.63) is 52.0 Å². The fourth-order valence-electron chi connectivity index (χ4n) is 2.04. The van der Waals surface area contributed by atoms with Gasteiger partial charge in [-0.2, -0.15) is 0 Å². The van der Waals surface area contributed by atoms with Gasteiger partial charge in [0, 0.05) is 26.3 Å². The molecule has 0 aliphatic heterocycles. The highest BCUT2D eigenvalue weighted by atomic mass is 79.9. The quantitative estimate of drug-likeness (QED) is 0.548. The zero-order valence-corrected chi connectivity index (χ0v) is 15.2. The first-order valence-corrected chi connectivity index (χ1v) is 8.80. The van der Waals surface area contributed by atoms with Crippen molar-refractivity contribution in [2.24, 2.45) is 5.73 Å². The first kappa shape index (κ1) is 16.3. The summed E-state index contributed by atoms with van der Waals surface area (Å²) in [7, 11) is 0. The molecule has 2 aromatic carbocycles. The highest BCUT2D eigenvalue weighted by Crippen LogP contribution is 2.32. The minimum Gasteiger partial charge on any atom is -0.389 e. The van der Waals surface area contributed by atoms with Crippen LogP contribution in [0.2, 0.25) is 0 Å². The van der Waals surface area contributed by atoms with E-state index >= 15 is 0 Å². The molecule has 2 aromatic rings. The second-order valence-corrected chi connectivity index (χ2v) is 7.22. The summed E-state index contributed by atoms with van der Waals surface area (Å²) in [4.78, 5) is 1.53. The van der Waals surface area contributed by atoms with Crippen LogP contribution < -0.4 is 11.1 Å². The maximum absolute atomic E-state index is 5.94. The second-order valence-electron chi connectivity index (χ2n) is 4.56. The van der Waals surface area contributed by atoms with Crippen LogP contribution in [0, 0.1) is 6.92 Å². The number of hydrogen-bond donors (Lipinski definition) is 2. The molecule has 2 rings (SSSR count). The Balaban J connectivity index is 2.46. The van der Waals surface area contributed by atoms with Crippen LogP contribution in [0.3, 0.4) is 0 Å². The van der Waals surface area contributed by atoms with Crippen molar-refractivity contribution in [1.82, 2.24) is 0 Å². The van der Waals surface area contributed by atoms with Gasteiger partial charge in [-0.05, 0) is 42.5 Å². The van der Waals surface area contributed by atoms with Crippen LogP contribution in [0.5, 0.6) is 0 Å². The van der Waals surface area contributed by atoms with Gasteiger partial charge in [0.15, 0.2) is 0 Å². The van der Waals surface area contributed by atoms with Gasteiger partial charge in [-0.15, -0.1) is 11.8 Å². The van der Waals surface area contributed by atoms with E-state index < -0.39 is 0 Å². The Kier molecular flexibility index (Phi) is 5.67. The lowest BCUT2D eigenvalue weighted by molar-refractivity contribution is 1.36. The van der Waals surface area contributed by atoms with E-state index in [0.717, 1.165) is 32.1 Å². The Hall–Kier alpha value is -1.04. The molecule has 110 valence electrons. The summed E-state index contributed by atoms with van der Waals surface area (Å²) < 4.78 is 1.03. The molecule has 0 fully saturated rings. The lowest BCUT2D eigenvalue weighted by atomic mass is 10.1. The molecular weight excluding hydrogens is 364 g/mol. The summed E-state index contributed by atoms with van der Waals surface area (Å²) in [5, 5.41) is 3.45. The van der Waals surface area contributed by atoms with E-state index in [-0.39, 0.29) is 0 Å². The van der Waals surface area contributed by atoms with Gasteiger partial charge in [-0.3, -0.25) is 0 Å². The number of thiocarbonyl (C=S) groups is 1. The van der Waals surface area contributed by atoms with Crippen LogP contribution in [0.4, 0.5) is 11.4 Å². The third-order valence-electron chi connectivity index (χ3n) is 3.04. The van der Waals surface area contributed by atoms with E-state index in [1.165, 1.54) is 5.56 Å². The molecule has 5 heteroatoms. The van der Waals surface area contributed by atoms with E-state index in [1.54, 1.807) is 11.8 Å². The van der Waals surface area contributed by atoms with Crippen molar-refractivity contribution in [3.63, 3.8) is 0 Å². The van der Waals surface area contributed by atoms with Crippen LogP contribution >= 0.6 is 39.9 Å². The molecule has 0 saturated heterocycles. The molecule has 0 aliphatic rings. The van der Waals surface area contributed by atoms with Crippen molar-refractivity contribution in [1.29, 1.82) is 0 Å². The van der Waals surface area contributed by atoms with Gasteiger partial charge in [0.1, 0.15) is 4.99 Å². The van der Waals surface area contributed by atoms with Crippen LogP contribution in [-0.2, 0) is 0 Å². The Morgan fingerprint density at radius 2 is 2.05 bits per heavy atom. The Morgan fingerprint density at radius 1 is 1.29 bits per heavy atom. The lowest BCUT2D eigenvalue weighted by Crippen LogP contribution is -2.13. The van der Waals surface area contributed by atoms with Gasteiger partial charge in [-0.25, -0.2) is 0 Å². The van der Waals surface area contributed by atoms with Gasteiger partial charge < -0.3 is 11.1 Å². The molecule has 0 bridgehead atoms. The van der Waals surface area contributed by atoms with E-state index in [0.29, 0.717) is 4.99 Å². The van der Waals surface area contributed by atoms with Crippen molar-refractivity contribution in [2.45, 2.75) is 18.7 Å². The average Bonchev–Trinajstić information content (AvgIpc) is 2.43. The molecule has 0 aromatic heterocycles. The zero-order valence-electron chi connectivity index (χ0n) is 11.9. The lowest BCUT2D eigenvalue weighted by Gasteiger charge is -2.16. The summed E-state index contributed by atoms with van der Waals surface area (Å²) in [6, 6.07) is 12.2. The Labute approximate surface area is 143 Å². The number of thioether (sulfide) groups is 1. The van der Waals surface area contributed by atoms with Crippen molar-refractivity contribution >= 4 is 56.3 Å².